The van der Waals surface area contributed by atoms with Crippen LogP contribution in [0.4, 0.5) is 17.2 Å². The lowest BCUT2D eigenvalue weighted by Gasteiger charge is -2.44. The zero-order valence-corrected chi connectivity index (χ0v) is 23.0. The zero-order chi connectivity index (χ0) is 26.9. The van der Waals surface area contributed by atoms with Gasteiger partial charge in [-0.05, 0) is 80.8 Å². The molecule has 0 spiro atoms. The molecule has 1 saturated heterocycles. The van der Waals surface area contributed by atoms with Gasteiger partial charge in [0.2, 0.25) is 5.91 Å². The van der Waals surface area contributed by atoms with Crippen molar-refractivity contribution in [3.63, 3.8) is 0 Å². The van der Waals surface area contributed by atoms with Crippen LogP contribution < -0.4 is 14.5 Å². The number of amides is 1. The molecule has 1 unspecified atom stereocenters. The van der Waals surface area contributed by atoms with Crippen molar-refractivity contribution in [2.45, 2.75) is 43.7 Å². The highest BCUT2D eigenvalue weighted by atomic mass is 35.5. The number of rotatable bonds is 6. The number of sulfonamides is 1. The van der Waals surface area contributed by atoms with Crippen molar-refractivity contribution < 1.29 is 13.2 Å². The lowest BCUT2D eigenvalue weighted by Crippen LogP contribution is -2.58. The summed E-state index contributed by atoms with van der Waals surface area (Å²) in [4.78, 5) is 27.8. The summed E-state index contributed by atoms with van der Waals surface area (Å²) in [5.74, 6) is 0.335. The molecule has 38 heavy (non-hydrogen) atoms. The second kappa shape index (κ2) is 10.8. The molecule has 2 aliphatic heterocycles. The summed E-state index contributed by atoms with van der Waals surface area (Å²) >= 11 is 6.20. The Morgan fingerprint density at radius 1 is 1.11 bits per heavy atom. The number of benzene rings is 2. The van der Waals surface area contributed by atoms with Gasteiger partial charge >= 0.3 is 0 Å². The molecule has 2 aromatic carbocycles. The SMILES string of the molecule is CC(C(=O)N1CCN(c2ccc(S(=O)(=O)Nc3ccncn3)cc2)C[C@H]1C)N1CCCc2cc(Cl)ccc21. The van der Waals surface area contributed by atoms with E-state index in [-0.39, 0.29) is 28.7 Å². The molecule has 11 heteroatoms. The normalized spacial score (nSPS) is 18.6. The number of carbonyl (C=O) groups excluding carboxylic acids is 1. The van der Waals surface area contributed by atoms with Crippen LogP contribution in [-0.4, -0.2) is 67.5 Å². The van der Waals surface area contributed by atoms with Crippen LogP contribution in [0.25, 0.3) is 0 Å². The maximum Gasteiger partial charge on any atom is 0.263 e. The maximum atomic E-state index is 13.6. The lowest BCUT2D eigenvalue weighted by atomic mass is 9.99. The van der Waals surface area contributed by atoms with Gasteiger partial charge in [0, 0.05) is 54.8 Å². The molecule has 2 atom stereocenters. The Labute approximate surface area is 228 Å². The van der Waals surface area contributed by atoms with Crippen molar-refractivity contribution >= 4 is 44.7 Å². The Morgan fingerprint density at radius 2 is 1.89 bits per heavy atom. The fourth-order valence-corrected chi connectivity index (χ4v) is 6.48. The molecule has 2 aliphatic rings. The van der Waals surface area contributed by atoms with Gasteiger partial charge in [-0.3, -0.25) is 9.52 Å². The third-order valence-corrected chi connectivity index (χ3v) is 8.87. The number of fused-ring (bicyclic) bond motifs is 1. The molecule has 3 heterocycles. The number of anilines is 3. The number of aryl methyl sites for hydroxylation is 1. The standard InChI is InChI=1S/C27H31ClN6O3S/c1-19-17-32(23-6-8-24(9-7-23)38(36,37)31-26-11-12-29-18-30-26)14-15-33(19)27(35)20(2)34-13-3-4-21-16-22(28)5-10-25(21)34/h5-12,16,18-20H,3-4,13-15,17H2,1-2H3,(H,29,30,31)/t19-,20?/m1/s1. The molecule has 1 aromatic heterocycles. The van der Waals surface area contributed by atoms with Crippen molar-refractivity contribution in [3.05, 3.63) is 71.6 Å². The number of halogens is 1. The summed E-state index contributed by atoms with van der Waals surface area (Å²) in [6.45, 7) is 6.82. The van der Waals surface area contributed by atoms with Crippen LogP contribution in [0.5, 0.6) is 0 Å². The van der Waals surface area contributed by atoms with Gasteiger partial charge in [0.15, 0.2) is 0 Å². The van der Waals surface area contributed by atoms with Gasteiger partial charge < -0.3 is 14.7 Å². The zero-order valence-electron chi connectivity index (χ0n) is 21.4. The van der Waals surface area contributed by atoms with E-state index < -0.39 is 10.0 Å². The highest BCUT2D eigenvalue weighted by Crippen LogP contribution is 2.32. The fourth-order valence-electron chi connectivity index (χ4n) is 5.27. The molecule has 200 valence electrons. The van der Waals surface area contributed by atoms with Gasteiger partial charge in [-0.2, -0.15) is 0 Å². The van der Waals surface area contributed by atoms with Gasteiger partial charge in [-0.15, -0.1) is 0 Å². The first-order chi connectivity index (χ1) is 18.2. The minimum Gasteiger partial charge on any atom is -0.368 e. The van der Waals surface area contributed by atoms with Crippen molar-refractivity contribution in [2.24, 2.45) is 0 Å². The van der Waals surface area contributed by atoms with Crippen LogP contribution in [0.2, 0.25) is 5.02 Å². The molecule has 0 radical (unpaired) electrons. The number of hydrogen-bond acceptors (Lipinski definition) is 7. The van der Waals surface area contributed by atoms with E-state index in [1.807, 2.05) is 30.0 Å². The molecule has 5 rings (SSSR count). The molecule has 3 aromatic rings. The summed E-state index contributed by atoms with van der Waals surface area (Å²) in [7, 11) is -3.76. The number of nitrogens with one attached hydrogen (secondary N) is 1. The third kappa shape index (κ3) is 5.42. The molecule has 0 bridgehead atoms. The Hall–Kier alpha value is -3.37. The highest BCUT2D eigenvalue weighted by molar-refractivity contribution is 7.92. The molecule has 1 fully saturated rings. The van der Waals surface area contributed by atoms with Gasteiger partial charge in [0.05, 0.1) is 4.90 Å². The van der Waals surface area contributed by atoms with Crippen molar-refractivity contribution in [1.29, 1.82) is 0 Å². The van der Waals surface area contributed by atoms with E-state index in [9.17, 15) is 13.2 Å². The van der Waals surface area contributed by atoms with Crippen molar-refractivity contribution in [3.8, 4) is 0 Å². The first-order valence-corrected chi connectivity index (χ1v) is 14.6. The third-order valence-electron chi connectivity index (χ3n) is 7.26. The molecule has 0 aliphatic carbocycles. The van der Waals surface area contributed by atoms with Crippen LogP contribution >= 0.6 is 11.6 Å². The van der Waals surface area contributed by atoms with Crippen LogP contribution in [0.1, 0.15) is 25.8 Å². The number of carbonyl (C=O) groups is 1. The number of hydrogen-bond donors (Lipinski definition) is 1. The average molecular weight is 555 g/mol. The summed E-state index contributed by atoms with van der Waals surface area (Å²) in [5.41, 5.74) is 3.20. The molecular weight excluding hydrogens is 524 g/mol. The lowest BCUT2D eigenvalue weighted by molar-refractivity contribution is -0.134. The largest absolute Gasteiger partial charge is 0.368 e. The fraction of sp³-hybridized carbons (Fsp3) is 0.370. The number of piperazine rings is 1. The van der Waals surface area contributed by atoms with Gasteiger partial charge in [-0.1, -0.05) is 11.6 Å². The molecule has 1 N–H and O–H groups in total. The van der Waals surface area contributed by atoms with Crippen molar-refractivity contribution in [2.75, 3.05) is 40.7 Å². The van der Waals surface area contributed by atoms with E-state index in [2.05, 4.69) is 31.4 Å². The Bertz CT molecular complexity index is 1400. The minimum atomic E-state index is -3.76. The Balaban J connectivity index is 1.23. The van der Waals surface area contributed by atoms with Gasteiger partial charge in [0.1, 0.15) is 18.2 Å². The van der Waals surface area contributed by atoms with E-state index in [1.54, 1.807) is 24.3 Å². The average Bonchev–Trinajstić information content (AvgIpc) is 2.92. The Kier molecular flexibility index (Phi) is 7.45. The molecule has 0 saturated carbocycles. The van der Waals surface area contributed by atoms with Crippen LogP contribution in [0.3, 0.4) is 0 Å². The summed E-state index contributed by atoms with van der Waals surface area (Å²) < 4.78 is 27.9. The van der Waals surface area contributed by atoms with E-state index in [1.165, 1.54) is 24.2 Å². The first-order valence-electron chi connectivity index (χ1n) is 12.7. The van der Waals surface area contributed by atoms with Gasteiger partial charge in [-0.25, -0.2) is 18.4 Å². The molecule has 9 nitrogen and oxygen atoms in total. The smallest absolute Gasteiger partial charge is 0.263 e. The number of aromatic nitrogens is 2. The topological polar surface area (TPSA) is 98.7 Å². The first kappa shape index (κ1) is 26.2. The Morgan fingerprint density at radius 3 is 2.61 bits per heavy atom. The summed E-state index contributed by atoms with van der Waals surface area (Å²) in [6.07, 6.45) is 4.73. The number of nitrogens with zero attached hydrogens (tertiary/aromatic N) is 5. The quantitative estimate of drug-likeness (QED) is 0.494. The maximum absolute atomic E-state index is 13.6. The van der Waals surface area contributed by atoms with Gasteiger partial charge in [0.25, 0.3) is 10.0 Å². The van der Waals surface area contributed by atoms with Crippen LogP contribution in [0, 0.1) is 0 Å². The van der Waals surface area contributed by atoms with E-state index in [0.717, 1.165) is 35.8 Å². The van der Waals surface area contributed by atoms with E-state index in [0.29, 0.717) is 19.6 Å². The van der Waals surface area contributed by atoms with E-state index in [4.69, 9.17) is 11.6 Å². The highest BCUT2D eigenvalue weighted by Gasteiger charge is 2.34. The predicted octanol–water partition coefficient (Wildman–Crippen LogP) is 3.81. The molecule has 1 amide bonds. The minimum absolute atomic E-state index is 0.0102. The monoisotopic (exact) mass is 554 g/mol. The van der Waals surface area contributed by atoms with Crippen molar-refractivity contribution in [1.82, 2.24) is 14.9 Å². The second-order valence-electron chi connectivity index (χ2n) is 9.77. The van der Waals surface area contributed by atoms with Crippen LogP contribution in [0.15, 0.2) is 66.0 Å². The van der Waals surface area contributed by atoms with Crippen LogP contribution in [-0.2, 0) is 21.2 Å². The summed E-state index contributed by atoms with van der Waals surface area (Å²) in [5, 5.41) is 0.724. The second-order valence-corrected chi connectivity index (χ2v) is 11.9. The van der Waals surface area contributed by atoms with E-state index >= 15 is 0 Å². The predicted molar refractivity (Wildman–Crippen MR) is 149 cm³/mol. The summed E-state index contributed by atoms with van der Waals surface area (Å²) in [6, 6.07) is 13.9. The molecular formula is C27H31ClN6O3S.